The monoisotopic (exact) mass is 601 g/mol. The largest absolute Gasteiger partial charge is 0.508 e. The second kappa shape index (κ2) is 13.5. The Labute approximate surface area is 252 Å². The van der Waals surface area contributed by atoms with Crippen molar-refractivity contribution in [3.05, 3.63) is 63.7 Å². The van der Waals surface area contributed by atoms with Crippen LogP contribution in [0.5, 0.6) is 5.75 Å². The maximum absolute atomic E-state index is 14.1. The first-order chi connectivity index (χ1) is 19.1. The molecule has 2 aromatic rings. The Bertz CT molecular complexity index is 1290. The molecule has 1 atom stereocenters. The van der Waals surface area contributed by atoms with E-state index in [2.05, 4.69) is 10.9 Å². The highest BCUT2D eigenvalue weighted by Gasteiger charge is 2.42. The van der Waals surface area contributed by atoms with Gasteiger partial charge in [0.05, 0.1) is 17.2 Å². The van der Waals surface area contributed by atoms with Gasteiger partial charge in [-0.05, 0) is 93.3 Å². The van der Waals surface area contributed by atoms with Gasteiger partial charge in [0.25, 0.3) is 0 Å². The van der Waals surface area contributed by atoms with Crippen LogP contribution in [-0.4, -0.2) is 37.5 Å². The average molecular weight is 602 g/mol. The number of aromatic hydroxyl groups is 1. The van der Waals surface area contributed by atoms with E-state index in [4.69, 9.17) is 0 Å². The lowest BCUT2D eigenvalue weighted by Gasteiger charge is -2.40. The molecule has 0 saturated heterocycles. The summed E-state index contributed by atoms with van der Waals surface area (Å²) in [5, 5.41) is 10.2. The summed E-state index contributed by atoms with van der Waals surface area (Å²) >= 11 is 0. The third kappa shape index (κ3) is 8.84. The molecule has 0 spiro atoms. The van der Waals surface area contributed by atoms with Gasteiger partial charge in [0, 0.05) is 11.8 Å². The molecule has 234 valence electrons. The van der Waals surface area contributed by atoms with Crippen LogP contribution in [0.2, 0.25) is 0 Å². The predicted octanol–water partition coefficient (Wildman–Crippen LogP) is 6.73. The standard InChI is InChI=1S/C33H52N3O5P/c1-20(2)27-17-25(13-14-29(27)37)18-28-23(7)15-26(16-24(28)8)19-42(40,41)36(34-32(9,10)30(38)21(3)4)35-33(11,12)31(39)22(5)6/h13-17,20-22,34-35,37H,18-19H2,1-12H3,(H,40,41). The summed E-state index contributed by atoms with van der Waals surface area (Å²) in [4.78, 5) is 38.5. The number of nitrogens with one attached hydrogen (secondary N) is 2. The van der Waals surface area contributed by atoms with Gasteiger partial charge in [-0.2, -0.15) is 0 Å². The summed E-state index contributed by atoms with van der Waals surface area (Å²) in [5.41, 5.74) is 9.32. The highest BCUT2D eigenvalue weighted by Crippen LogP contribution is 2.48. The number of aryl methyl sites for hydroxylation is 2. The third-order valence-electron chi connectivity index (χ3n) is 7.60. The zero-order chi connectivity index (χ0) is 32.4. The van der Waals surface area contributed by atoms with Crippen molar-refractivity contribution < 1.29 is 24.2 Å². The molecule has 0 radical (unpaired) electrons. The van der Waals surface area contributed by atoms with E-state index in [1.54, 1.807) is 61.5 Å². The number of benzene rings is 2. The van der Waals surface area contributed by atoms with Gasteiger partial charge >= 0.3 is 7.52 Å². The first-order valence-electron chi connectivity index (χ1n) is 14.8. The summed E-state index contributed by atoms with van der Waals surface area (Å²) in [5.74, 6) is -0.387. The molecule has 1 unspecified atom stereocenters. The average Bonchev–Trinajstić information content (AvgIpc) is 2.84. The van der Waals surface area contributed by atoms with E-state index in [9.17, 15) is 24.2 Å². The summed E-state index contributed by atoms with van der Waals surface area (Å²) in [7, 11) is -4.22. The number of rotatable bonds is 14. The molecule has 0 bridgehead atoms. The first-order valence-corrected chi connectivity index (χ1v) is 16.6. The van der Waals surface area contributed by atoms with Crippen LogP contribution in [0.4, 0.5) is 0 Å². The van der Waals surface area contributed by atoms with Crippen molar-refractivity contribution in [2.75, 3.05) is 0 Å². The highest BCUT2D eigenvalue weighted by molar-refractivity contribution is 7.54. The fraction of sp³-hybridized carbons (Fsp3) is 0.576. The number of ketones is 2. The number of hydrazine groups is 2. The van der Waals surface area contributed by atoms with Crippen molar-refractivity contribution >= 4 is 19.1 Å². The molecule has 0 aliphatic carbocycles. The maximum Gasteiger partial charge on any atom is 0.301 e. The van der Waals surface area contributed by atoms with Crippen LogP contribution in [0, 0.1) is 25.7 Å². The fourth-order valence-corrected chi connectivity index (χ4v) is 7.02. The minimum absolute atomic E-state index is 0.131. The molecule has 0 heterocycles. The smallest absolute Gasteiger partial charge is 0.301 e. The molecule has 8 nitrogen and oxygen atoms in total. The van der Waals surface area contributed by atoms with Crippen LogP contribution >= 0.6 is 7.52 Å². The molecule has 9 heteroatoms. The van der Waals surface area contributed by atoms with Gasteiger partial charge < -0.3 is 10.00 Å². The van der Waals surface area contributed by atoms with E-state index in [-0.39, 0.29) is 35.5 Å². The number of hydrogen-bond acceptors (Lipinski definition) is 6. The lowest BCUT2D eigenvalue weighted by atomic mass is 9.91. The van der Waals surface area contributed by atoms with Crippen LogP contribution in [0.15, 0.2) is 30.3 Å². The van der Waals surface area contributed by atoms with Crippen LogP contribution < -0.4 is 10.9 Å². The predicted molar refractivity (Wildman–Crippen MR) is 170 cm³/mol. The summed E-state index contributed by atoms with van der Waals surface area (Å²) in [6.07, 6.45) is 0.463. The van der Waals surface area contributed by atoms with Crippen molar-refractivity contribution in [2.45, 2.75) is 113 Å². The Morgan fingerprint density at radius 1 is 0.833 bits per heavy atom. The van der Waals surface area contributed by atoms with Gasteiger partial charge in [0.2, 0.25) is 0 Å². The molecule has 0 aromatic heterocycles. The topological polar surface area (TPSA) is 119 Å². The molecule has 0 saturated carbocycles. The van der Waals surface area contributed by atoms with E-state index >= 15 is 0 Å². The van der Waals surface area contributed by atoms with Gasteiger partial charge in [0.15, 0.2) is 11.6 Å². The SMILES string of the molecule is Cc1cc(CP(=O)(O)N(NC(C)(C)C(=O)C(C)C)NC(C)(C)C(=O)C(C)C)cc(C)c1Cc1ccc(O)c(C(C)C)c1. The van der Waals surface area contributed by atoms with E-state index in [1.807, 2.05) is 52.0 Å². The Hall–Kier alpha value is -2.35. The van der Waals surface area contributed by atoms with E-state index in [0.717, 1.165) is 32.7 Å². The van der Waals surface area contributed by atoms with Crippen LogP contribution in [0.3, 0.4) is 0 Å². The lowest BCUT2D eigenvalue weighted by Crippen LogP contribution is -2.65. The number of nitrogens with zero attached hydrogens (tertiary/aromatic N) is 1. The maximum atomic E-state index is 14.1. The van der Waals surface area contributed by atoms with E-state index in [0.29, 0.717) is 17.7 Å². The Balaban J connectivity index is 2.45. The zero-order valence-corrected chi connectivity index (χ0v) is 28.4. The van der Waals surface area contributed by atoms with E-state index < -0.39 is 18.6 Å². The molecule has 0 fully saturated rings. The van der Waals surface area contributed by atoms with Crippen molar-refractivity contribution in [3.63, 3.8) is 0 Å². The van der Waals surface area contributed by atoms with Crippen molar-refractivity contribution in [2.24, 2.45) is 11.8 Å². The lowest BCUT2D eigenvalue weighted by molar-refractivity contribution is -0.131. The van der Waals surface area contributed by atoms with Gasteiger partial charge in [-0.25, -0.2) is 10.9 Å². The van der Waals surface area contributed by atoms with Crippen molar-refractivity contribution in [3.8, 4) is 5.75 Å². The molecule has 0 aliphatic rings. The third-order valence-corrected chi connectivity index (χ3v) is 9.21. The molecule has 4 N–H and O–H groups in total. The summed E-state index contributed by atoms with van der Waals surface area (Å²) in [6, 6.07) is 9.52. The van der Waals surface area contributed by atoms with Crippen LogP contribution in [-0.2, 0) is 26.7 Å². The Kier molecular flexibility index (Phi) is 11.5. The molecule has 0 aliphatic heterocycles. The summed E-state index contributed by atoms with van der Waals surface area (Å²) in [6.45, 7) is 21.8. The first kappa shape index (κ1) is 35.8. The summed E-state index contributed by atoms with van der Waals surface area (Å²) < 4.78 is 14.1. The second-order valence-corrected chi connectivity index (χ2v) is 15.6. The Morgan fingerprint density at radius 3 is 1.69 bits per heavy atom. The number of carbonyl (C=O) groups excluding carboxylic acids is 2. The minimum Gasteiger partial charge on any atom is -0.508 e. The number of Topliss-reactive ketones (excluding diaryl/α,β-unsaturated/α-hetero) is 2. The molecular formula is C33H52N3O5P. The highest BCUT2D eigenvalue weighted by atomic mass is 31.2. The molecule has 0 amide bonds. The number of hydrogen-bond donors (Lipinski definition) is 4. The molecule has 2 rings (SSSR count). The minimum atomic E-state index is -4.22. The second-order valence-electron chi connectivity index (χ2n) is 13.6. The normalized spacial score (nSPS) is 14.2. The molecule has 42 heavy (non-hydrogen) atoms. The van der Waals surface area contributed by atoms with Gasteiger partial charge in [-0.15, -0.1) is 0 Å². The van der Waals surface area contributed by atoms with E-state index in [1.165, 1.54) is 0 Å². The number of phenolic OH excluding ortho intramolecular Hbond substituents is 1. The van der Waals surface area contributed by atoms with Gasteiger partial charge in [-0.3, -0.25) is 14.2 Å². The quantitative estimate of drug-likeness (QED) is 0.139. The van der Waals surface area contributed by atoms with Crippen LogP contribution in [0.25, 0.3) is 0 Å². The van der Waals surface area contributed by atoms with Crippen LogP contribution in [0.1, 0.15) is 109 Å². The van der Waals surface area contributed by atoms with Gasteiger partial charge in [-0.1, -0.05) is 70.7 Å². The Morgan fingerprint density at radius 2 is 1.29 bits per heavy atom. The van der Waals surface area contributed by atoms with Crippen molar-refractivity contribution in [1.29, 1.82) is 0 Å². The van der Waals surface area contributed by atoms with Crippen molar-refractivity contribution in [1.82, 2.24) is 15.7 Å². The zero-order valence-electron chi connectivity index (χ0n) is 27.5. The molecule has 2 aromatic carbocycles. The molecular weight excluding hydrogens is 549 g/mol. The number of carbonyl (C=O) groups is 2. The fourth-order valence-electron chi connectivity index (χ4n) is 5.41. The van der Waals surface area contributed by atoms with Gasteiger partial charge in [0.1, 0.15) is 5.75 Å². The number of phenols is 1.